The SMILES string of the molecule is CS(=O)(=O)N(Cc1ccc(Cl)cc1)c1ccc(C(=O)N/N=C\c2cccnc2)cc1. The van der Waals surface area contributed by atoms with Gasteiger partial charge in [0.2, 0.25) is 10.0 Å². The fourth-order valence-electron chi connectivity index (χ4n) is 2.62. The maximum absolute atomic E-state index is 12.3. The Hall–Kier alpha value is -3.23. The quantitative estimate of drug-likeness (QED) is 0.448. The fourth-order valence-corrected chi connectivity index (χ4v) is 3.63. The van der Waals surface area contributed by atoms with Crippen LogP contribution in [0.1, 0.15) is 21.5 Å². The van der Waals surface area contributed by atoms with Crippen molar-refractivity contribution in [3.05, 3.63) is 94.8 Å². The number of hydrazone groups is 1. The first-order valence-corrected chi connectivity index (χ1v) is 11.1. The topological polar surface area (TPSA) is 91.7 Å². The van der Waals surface area contributed by atoms with E-state index in [9.17, 15) is 13.2 Å². The number of carbonyl (C=O) groups is 1. The third-order valence-corrected chi connectivity index (χ3v) is 5.51. The first-order chi connectivity index (χ1) is 14.3. The fraction of sp³-hybridized carbons (Fsp3) is 0.0952. The van der Waals surface area contributed by atoms with Gasteiger partial charge in [-0.1, -0.05) is 29.8 Å². The van der Waals surface area contributed by atoms with Gasteiger partial charge >= 0.3 is 0 Å². The molecule has 30 heavy (non-hydrogen) atoms. The van der Waals surface area contributed by atoms with Crippen molar-refractivity contribution in [2.24, 2.45) is 5.10 Å². The average Bonchev–Trinajstić information content (AvgIpc) is 2.73. The lowest BCUT2D eigenvalue weighted by Gasteiger charge is -2.22. The molecule has 0 saturated heterocycles. The van der Waals surface area contributed by atoms with Crippen molar-refractivity contribution < 1.29 is 13.2 Å². The molecule has 0 fully saturated rings. The third kappa shape index (κ3) is 5.88. The monoisotopic (exact) mass is 442 g/mol. The lowest BCUT2D eigenvalue weighted by Crippen LogP contribution is -2.29. The molecule has 0 radical (unpaired) electrons. The summed E-state index contributed by atoms with van der Waals surface area (Å²) in [6, 6.07) is 16.8. The maximum atomic E-state index is 12.3. The molecule has 0 aliphatic heterocycles. The van der Waals surface area contributed by atoms with Gasteiger partial charge in [-0.25, -0.2) is 13.8 Å². The number of amides is 1. The molecule has 3 aromatic rings. The number of halogens is 1. The minimum absolute atomic E-state index is 0.150. The normalized spacial score (nSPS) is 11.4. The summed E-state index contributed by atoms with van der Waals surface area (Å²) in [5, 5.41) is 4.47. The number of pyridine rings is 1. The van der Waals surface area contributed by atoms with E-state index in [0.29, 0.717) is 16.3 Å². The maximum Gasteiger partial charge on any atom is 0.271 e. The number of nitrogens with zero attached hydrogens (tertiary/aromatic N) is 3. The Morgan fingerprint density at radius 3 is 2.43 bits per heavy atom. The van der Waals surface area contributed by atoms with Crippen LogP contribution in [0.5, 0.6) is 0 Å². The first-order valence-electron chi connectivity index (χ1n) is 8.88. The summed E-state index contributed by atoms with van der Waals surface area (Å²) in [6.07, 6.45) is 5.88. The van der Waals surface area contributed by atoms with Gasteiger partial charge in [-0.15, -0.1) is 0 Å². The molecule has 1 heterocycles. The summed E-state index contributed by atoms with van der Waals surface area (Å²) in [6.45, 7) is 0.150. The van der Waals surface area contributed by atoms with Crippen LogP contribution in [-0.4, -0.2) is 31.8 Å². The van der Waals surface area contributed by atoms with Crippen LogP contribution in [-0.2, 0) is 16.6 Å². The van der Waals surface area contributed by atoms with Crippen molar-refractivity contribution in [1.82, 2.24) is 10.4 Å². The number of aromatic nitrogens is 1. The zero-order valence-electron chi connectivity index (χ0n) is 16.1. The molecule has 0 aliphatic carbocycles. The molecule has 0 atom stereocenters. The number of anilines is 1. The molecule has 3 rings (SSSR count). The molecular formula is C21H19ClN4O3S. The molecule has 0 unspecified atom stereocenters. The van der Waals surface area contributed by atoms with Crippen molar-refractivity contribution in [3.63, 3.8) is 0 Å². The highest BCUT2D eigenvalue weighted by Crippen LogP contribution is 2.22. The summed E-state index contributed by atoms with van der Waals surface area (Å²) in [4.78, 5) is 16.2. The molecule has 0 bridgehead atoms. The summed E-state index contributed by atoms with van der Waals surface area (Å²) in [5.74, 6) is -0.412. The third-order valence-electron chi connectivity index (χ3n) is 4.12. The molecule has 7 nitrogen and oxygen atoms in total. The average molecular weight is 443 g/mol. The smallest absolute Gasteiger partial charge is 0.267 e. The Bertz CT molecular complexity index is 1130. The number of hydrogen-bond donors (Lipinski definition) is 1. The van der Waals surface area contributed by atoms with Gasteiger partial charge in [0.05, 0.1) is 24.7 Å². The first kappa shape index (κ1) is 21.5. The Labute approximate surface area is 180 Å². The van der Waals surface area contributed by atoms with E-state index in [1.165, 1.54) is 10.5 Å². The molecule has 9 heteroatoms. The van der Waals surface area contributed by atoms with Crippen LogP contribution < -0.4 is 9.73 Å². The number of rotatable bonds is 7. The lowest BCUT2D eigenvalue weighted by molar-refractivity contribution is 0.0955. The molecule has 0 saturated carbocycles. The predicted molar refractivity (Wildman–Crippen MR) is 118 cm³/mol. The number of sulfonamides is 1. The summed E-state index contributed by atoms with van der Waals surface area (Å²) < 4.78 is 25.9. The number of hydrogen-bond acceptors (Lipinski definition) is 5. The summed E-state index contributed by atoms with van der Waals surface area (Å²) in [7, 11) is -3.53. The van der Waals surface area contributed by atoms with Crippen LogP contribution in [0.2, 0.25) is 5.02 Å². The molecule has 1 N–H and O–H groups in total. The van der Waals surface area contributed by atoms with Crippen molar-refractivity contribution in [2.75, 3.05) is 10.6 Å². The number of nitrogens with one attached hydrogen (secondary N) is 1. The van der Waals surface area contributed by atoms with Crippen LogP contribution in [0.25, 0.3) is 0 Å². The second-order valence-electron chi connectivity index (χ2n) is 6.43. The predicted octanol–water partition coefficient (Wildman–Crippen LogP) is 3.47. The second-order valence-corrected chi connectivity index (χ2v) is 8.77. The minimum atomic E-state index is -3.53. The molecule has 1 amide bonds. The van der Waals surface area contributed by atoms with E-state index in [4.69, 9.17) is 11.6 Å². The molecule has 0 spiro atoms. The van der Waals surface area contributed by atoms with E-state index in [1.54, 1.807) is 73.1 Å². The van der Waals surface area contributed by atoms with Gasteiger partial charge in [0, 0.05) is 28.5 Å². The molecule has 154 valence electrons. The zero-order chi connectivity index (χ0) is 21.6. The van der Waals surface area contributed by atoms with Crippen LogP contribution in [0.4, 0.5) is 5.69 Å². The van der Waals surface area contributed by atoms with Gasteiger partial charge in [0.25, 0.3) is 5.91 Å². The highest BCUT2D eigenvalue weighted by Gasteiger charge is 2.18. The van der Waals surface area contributed by atoms with Gasteiger partial charge in [-0.05, 0) is 48.0 Å². The van der Waals surface area contributed by atoms with Crippen molar-refractivity contribution in [2.45, 2.75) is 6.54 Å². The van der Waals surface area contributed by atoms with Crippen LogP contribution in [0.15, 0.2) is 78.2 Å². The zero-order valence-corrected chi connectivity index (χ0v) is 17.6. The van der Waals surface area contributed by atoms with Crippen molar-refractivity contribution in [1.29, 1.82) is 0 Å². The summed E-state index contributed by atoms with van der Waals surface area (Å²) in [5.41, 5.74) is 4.76. The lowest BCUT2D eigenvalue weighted by atomic mass is 10.2. The summed E-state index contributed by atoms with van der Waals surface area (Å²) >= 11 is 5.89. The number of carbonyl (C=O) groups excluding carboxylic acids is 1. The van der Waals surface area contributed by atoms with Gasteiger partial charge in [-0.3, -0.25) is 14.1 Å². The van der Waals surface area contributed by atoms with E-state index in [1.807, 2.05) is 0 Å². The number of benzene rings is 2. The van der Waals surface area contributed by atoms with Gasteiger partial charge in [0.15, 0.2) is 0 Å². The standard InChI is InChI=1S/C21H19ClN4O3S/c1-30(28,29)26(15-16-4-8-19(22)9-5-16)20-10-6-18(7-11-20)21(27)25-24-14-17-3-2-12-23-13-17/h2-14H,15H2,1H3,(H,25,27)/b24-14-. The van der Waals surface area contributed by atoms with Crippen LogP contribution in [0, 0.1) is 0 Å². The van der Waals surface area contributed by atoms with E-state index in [2.05, 4.69) is 15.5 Å². The van der Waals surface area contributed by atoms with Gasteiger partial charge in [0.1, 0.15) is 0 Å². The van der Waals surface area contributed by atoms with Crippen molar-refractivity contribution in [3.8, 4) is 0 Å². The Kier molecular flexibility index (Phi) is 6.81. The highest BCUT2D eigenvalue weighted by molar-refractivity contribution is 7.92. The minimum Gasteiger partial charge on any atom is -0.267 e. The Balaban J connectivity index is 1.72. The van der Waals surface area contributed by atoms with E-state index < -0.39 is 15.9 Å². The highest BCUT2D eigenvalue weighted by atomic mass is 35.5. The van der Waals surface area contributed by atoms with E-state index >= 15 is 0 Å². The molecule has 0 aliphatic rings. The van der Waals surface area contributed by atoms with Gasteiger partial charge in [-0.2, -0.15) is 5.10 Å². The van der Waals surface area contributed by atoms with E-state index in [0.717, 1.165) is 17.4 Å². The largest absolute Gasteiger partial charge is 0.271 e. The van der Waals surface area contributed by atoms with Crippen LogP contribution >= 0.6 is 11.6 Å². The Morgan fingerprint density at radius 2 is 1.83 bits per heavy atom. The van der Waals surface area contributed by atoms with Crippen molar-refractivity contribution >= 4 is 39.4 Å². The second kappa shape index (κ2) is 9.51. The molecule has 2 aromatic carbocycles. The molecule has 1 aromatic heterocycles. The van der Waals surface area contributed by atoms with E-state index in [-0.39, 0.29) is 6.54 Å². The van der Waals surface area contributed by atoms with Crippen LogP contribution in [0.3, 0.4) is 0 Å². The Morgan fingerprint density at radius 1 is 1.13 bits per heavy atom. The molecular weight excluding hydrogens is 424 g/mol. The van der Waals surface area contributed by atoms with Gasteiger partial charge < -0.3 is 0 Å².